The lowest BCUT2D eigenvalue weighted by Gasteiger charge is -2.40. The van der Waals surface area contributed by atoms with Crippen LogP contribution in [-0.2, 0) is 14.3 Å². The SMILES string of the molecule is CCCCCCCCCCCCCCCCCC(O)C(COC1OC(CO)C(O)C(O)C1O)NC(=O)CCCCCCCC. The van der Waals surface area contributed by atoms with E-state index in [1.54, 1.807) is 0 Å². The predicted octanol–water partition coefficient (Wildman–Crippen LogP) is 5.66. The highest BCUT2D eigenvalue weighted by Gasteiger charge is 2.44. The lowest BCUT2D eigenvalue weighted by Crippen LogP contribution is -2.60. The van der Waals surface area contributed by atoms with Crippen LogP contribution in [0.15, 0.2) is 0 Å². The maximum Gasteiger partial charge on any atom is 0.220 e. The van der Waals surface area contributed by atoms with Gasteiger partial charge in [0, 0.05) is 6.42 Å². The summed E-state index contributed by atoms with van der Waals surface area (Å²) in [5.74, 6) is -0.154. The largest absolute Gasteiger partial charge is 0.394 e. The van der Waals surface area contributed by atoms with Gasteiger partial charge in [-0.2, -0.15) is 0 Å². The summed E-state index contributed by atoms with van der Waals surface area (Å²) in [6.45, 7) is 3.74. The molecule has 7 unspecified atom stereocenters. The Kier molecular flexibility index (Phi) is 25.6. The van der Waals surface area contributed by atoms with Crippen LogP contribution in [-0.4, -0.2) is 87.5 Å². The minimum atomic E-state index is -1.54. The molecule has 0 spiro atoms. The van der Waals surface area contributed by atoms with Crippen LogP contribution in [0.5, 0.6) is 0 Å². The number of hydrogen-bond acceptors (Lipinski definition) is 8. The molecular formula is C35H69NO8. The fourth-order valence-corrected chi connectivity index (χ4v) is 5.92. The van der Waals surface area contributed by atoms with Gasteiger partial charge in [0.05, 0.1) is 25.4 Å². The summed E-state index contributed by atoms with van der Waals surface area (Å²) in [6, 6.07) is -0.707. The van der Waals surface area contributed by atoms with Crippen LogP contribution >= 0.6 is 0 Å². The molecule has 0 aliphatic carbocycles. The Morgan fingerprint density at radius 3 is 1.61 bits per heavy atom. The van der Waals surface area contributed by atoms with Crippen molar-refractivity contribution in [2.75, 3.05) is 13.2 Å². The number of amides is 1. The minimum Gasteiger partial charge on any atom is -0.394 e. The molecule has 0 aromatic heterocycles. The van der Waals surface area contributed by atoms with Crippen molar-refractivity contribution in [2.24, 2.45) is 0 Å². The first-order chi connectivity index (χ1) is 21.3. The molecule has 6 N–H and O–H groups in total. The van der Waals surface area contributed by atoms with Crippen LogP contribution in [0, 0.1) is 0 Å². The van der Waals surface area contributed by atoms with E-state index in [0.29, 0.717) is 12.8 Å². The molecule has 262 valence electrons. The monoisotopic (exact) mass is 632 g/mol. The number of aliphatic hydroxyl groups excluding tert-OH is 5. The smallest absolute Gasteiger partial charge is 0.220 e. The fraction of sp³-hybridized carbons (Fsp3) is 0.971. The van der Waals surface area contributed by atoms with Gasteiger partial charge in [0.25, 0.3) is 0 Å². The third-order valence-corrected chi connectivity index (χ3v) is 8.96. The average molecular weight is 632 g/mol. The molecule has 0 radical (unpaired) electrons. The maximum absolute atomic E-state index is 12.7. The van der Waals surface area contributed by atoms with E-state index < -0.39 is 49.5 Å². The number of ether oxygens (including phenoxy) is 2. The Morgan fingerprint density at radius 1 is 0.682 bits per heavy atom. The molecule has 44 heavy (non-hydrogen) atoms. The van der Waals surface area contributed by atoms with Crippen molar-refractivity contribution < 1.29 is 39.8 Å². The van der Waals surface area contributed by atoms with E-state index >= 15 is 0 Å². The van der Waals surface area contributed by atoms with Gasteiger partial charge in [0.1, 0.15) is 24.4 Å². The van der Waals surface area contributed by atoms with Crippen molar-refractivity contribution in [3.8, 4) is 0 Å². The first kappa shape index (κ1) is 41.2. The Hall–Kier alpha value is -0.810. The fourth-order valence-electron chi connectivity index (χ4n) is 5.92. The molecule has 0 aromatic rings. The van der Waals surface area contributed by atoms with E-state index in [2.05, 4.69) is 19.2 Å². The quantitative estimate of drug-likeness (QED) is 0.0580. The maximum atomic E-state index is 12.7. The highest BCUT2D eigenvalue weighted by molar-refractivity contribution is 5.76. The van der Waals surface area contributed by atoms with E-state index in [-0.39, 0.29) is 12.5 Å². The topological polar surface area (TPSA) is 149 Å². The first-order valence-corrected chi connectivity index (χ1v) is 18.2. The Balaban J connectivity index is 2.38. The molecule has 9 nitrogen and oxygen atoms in total. The highest BCUT2D eigenvalue weighted by atomic mass is 16.7. The number of aliphatic hydroxyl groups is 5. The molecule has 1 saturated heterocycles. The number of carbonyl (C=O) groups excluding carboxylic acids is 1. The second kappa shape index (κ2) is 27.3. The van der Waals surface area contributed by atoms with Gasteiger partial charge in [0.15, 0.2) is 6.29 Å². The minimum absolute atomic E-state index is 0.134. The Bertz CT molecular complexity index is 667. The third-order valence-electron chi connectivity index (χ3n) is 8.96. The van der Waals surface area contributed by atoms with Gasteiger partial charge in [0.2, 0.25) is 5.91 Å². The van der Waals surface area contributed by atoms with Gasteiger partial charge in [-0.15, -0.1) is 0 Å². The molecule has 1 heterocycles. The van der Waals surface area contributed by atoms with Gasteiger partial charge in [-0.05, 0) is 12.8 Å². The summed E-state index contributed by atoms with van der Waals surface area (Å²) in [5.41, 5.74) is 0. The molecule has 0 aromatic carbocycles. The summed E-state index contributed by atoms with van der Waals surface area (Å²) >= 11 is 0. The number of hydrogen-bond donors (Lipinski definition) is 6. The lowest BCUT2D eigenvalue weighted by molar-refractivity contribution is -0.302. The Morgan fingerprint density at radius 2 is 1.14 bits per heavy atom. The van der Waals surface area contributed by atoms with Crippen molar-refractivity contribution in [2.45, 2.75) is 204 Å². The number of nitrogens with one attached hydrogen (secondary N) is 1. The van der Waals surface area contributed by atoms with Crippen LogP contribution in [0.4, 0.5) is 0 Å². The summed E-state index contributed by atoms with van der Waals surface area (Å²) < 4.78 is 11.1. The molecular weight excluding hydrogens is 562 g/mol. The van der Waals surface area contributed by atoms with E-state index in [9.17, 15) is 30.3 Å². The zero-order valence-electron chi connectivity index (χ0n) is 28.2. The zero-order valence-corrected chi connectivity index (χ0v) is 28.2. The van der Waals surface area contributed by atoms with Gasteiger partial charge in [-0.1, -0.05) is 142 Å². The van der Waals surface area contributed by atoms with Crippen LogP contribution in [0.3, 0.4) is 0 Å². The van der Waals surface area contributed by atoms with Gasteiger partial charge < -0.3 is 40.3 Å². The number of rotatable bonds is 29. The second-order valence-electron chi connectivity index (χ2n) is 13.0. The standard InChI is InChI=1S/C35H69NO8/c1-3-5-7-9-11-12-13-14-15-16-17-18-19-20-22-24-29(38)28(36-31(39)25-23-21-10-8-6-4-2)27-43-35-34(42)33(41)32(40)30(26-37)44-35/h28-30,32-35,37-38,40-42H,3-27H2,1-2H3,(H,36,39). The van der Waals surface area contributed by atoms with Crippen molar-refractivity contribution in [3.63, 3.8) is 0 Å². The van der Waals surface area contributed by atoms with Crippen LogP contribution in [0.25, 0.3) is 0 Å². The molecule has 1 aliphatic heterocycles. The van der Waals surface area contributed by atoms with E-state index in [1.165, 1.54) is 96.3 Å². The summed E-state index contributed by atoms with van der Waals surface area (Å²) in [4.78, 5) is 12.7. The summed E-state index contributed by atoms with van der Waals surface area (Å²) in [6.07, 6.45) is 18.5. The van der Waals surface area contributed by atoms with E-state index in [4.69, 9.17) is 9.47 Å². The van der Waals surface area contributed by atoms with E-state index in [1.807, 2.05) is 0 Å². The molecule has 7 atom stereocenters. The average Bonchev–Trinajstić information content (AvgIpc) is 3.02. The lowest BCUT2D eigenvalue weighted by atomic mass is 9.99. The molecule has 1 fully saturated rings. The van der Waals surface area contributed by atoms with Gasteiger partial charge >= 0.3 is 0 Å². The number of unbranched alkanes of at least 4 members (excludes halogenated alkanes) is 19. The summed E-state index contributed by atoms with van der Waals surface area (Å²) in [7, 11) is 0. The van der Waals surface area contributed by atoms with Gasteiger partial charge in [-0.3, -0.25) is 4.79 Å². The molecule has 1 rings (SSSR count). The highest BCUT2D eigenvalue weighted by Crippen LogP contribution is 2.23. The molecule has 0 bridgehead atoms. The van der Waals surface area contributed by atoms with Crippen molar-refractivity contribution in [3.05, 3.63) is 0 Å². The predicted molar refractivity (Wildman–Crippen MR) is 175 cm³/mol. The molecule has 1 aliphatic rings. The van der Waals surface area contributed by atoms with Crippen molar-refractivity contribution >= 4 is 5.91 Å². The second-order valence-corrected chi connectivity index (χ2v) is 13.0. The molecule has 0 saturated carbocycles. The van der Waals surface area contributed by atoms with E-state index in [0.717, 1.165) is 38.5 Å². The zero-order chi connectivity index (χ0) is 32.4. The summed E-state index contributed by atoms with van der Waals surface area (Å²) in [5, 5.41) is 53.8. The normalized spacial score (nSPS) is 23.5. The molecule has 9 heteroatoms. The van der Waals surface area contributed by atoms with Crippen LogP contribution in [0.1, 0.15) is 162 Å². The van der Waals surface area contributed by atoms with Crippen molar-refractivity contribution in [1.82, 2.24) is 5.32 Å². The third kappa shape index (κ3) is 19.0. The number of carbonyl (C=O) groups is 1. The Labute approximate surface area is 268 Å². The first-order valence-electron chi connectivity index (χ1n) is 18.2. The van der Waals surface area contributed by atoms with Crippen LogP contribution in [0.2, 0.25) is 0 Å². The van der Waals surface area contributed by atoms with Gasteiger partial charge in [-0.25, -0.2) is 0 Å². The molecule has 1 amide bonds. The van der Waals surface area contributed by atoms with Crippen molar-refractivity contribution in [1.29, 1.82) is 0 Å². The van der Waals surface area contributed by atoms with Crippen LogP contribution < -0.4 is 5.32 Å².